The monoisotopic (exact) mass is 366 g/mol. The maximum atomic E-state index is 12.4. The molecule has 0 fully saturated rings. The molecule has 1 N–H and O–H groups in total. The molecule has 2 aromatic carbocycles. The number of rotatable bonds is 4. The maximum absolute atomic E-state index is 12.4. The van der Waals surface area contributed by atoms with Crippen LogP contribution in [0.1, 0.15) is 5.56 Å². The summed E-state index contributed by atoms with van der Waals surface area (Å²) < 4.78 is 30.2. The minimum Gasteiger partial charge on any atom is -0.379 e. The molecule has 0 radical (unpaired) electrons. The summed E-state index contributed by atoms with van der Waals surface area (Å²) in [6.07, 6.45) is 8.13. The lowest BCUT2D eigenvalue weighted by molar-refractivity contribution is 0.486. The number of benzene rings is 2. The number of aromatic nitrogens is 1. The number of hydrogen-bond donors (Lipinski definition) is 1. The maximum Gasteiger partial charge on any atom is 0.339 e. The Hall–Kier alpha value is -2.99. The Labute approximate surface area is 152 Å². The van der Waals surface area contributed by atoms with E-state index in [0.29, 0.717) is 5.75 Å². The Balaban J connectivity index is 1.70. The van der Waals surface area contributed by atoms with Gasteiger partial charge in [-0.3, -0.25) is 0 Å². The molecule has 0 saturated heterocycles. The van der Waals surface area contributed by atoms with Crippen molar-refractivity contribution in [2.45, 2.75) is 4.90 Å². The minimum atomic E-state index is -3.86. The molecule has 0 atom stereocenters. The number of nitrogens with zero attached hydrogens (tertiary/aromatic N) is 1. The van der Waals surface area contributed by atoms with E-state index in [1.54, 1.807) is 30.3 Å². The zero-order valence-electron chi connectivity index (χ0n) is 14.2. The first kappa shape index (κ1) is 16.5. The fourth-order valence-corrected chi connectivity index (χ4v) is 3.87. The van der Waals surface area contributed by atoms with Crippen LogP contribution in [0.3, 0.4) is 0 Å². The molecule has 1 aromatic heterocycles. The quantitative estimate of drug-likeness (QED) is 0.714. The number of likely N-dealkylation sites (N-methyl/N-ethyl adjacent to an activating group) is 1. The van der Waals surface area contributed by atoms with Crippen molar-refractivity contribution in [1.82, 2.24) is 9.88 Å². The largest absolute Gasteiger partial charge is 0.379 e. The van der Waals surface area contributed by atoms with Gasteiger partial charge in [-0.15, -0.1) is 0 Å². The number of H-pyrrole nitrogens is 1. The molecule has 26 heavy (non-hydrogen) atoms. The Morgan fingerprint density at radius 2 is 1.92 bits per heavy atom. The smallest absolute Gasteiger partial charge is 0.339 e. The second kappa shape index (κ2) is 6.38. The van der Waals surface area contributed by atoms with E-state index < -0.39 is 10.1 Å². The summed E-state index contributed by atoms with van der Waals surface area (Å²) >= 11 is 0. The van der Waals surface area contributed by atoms with Crippen molar-refractivity contribution in [3.05, 3.63) is 78.6 Å². The van der Waals surface area contributed by atoms with Crippen molar-refractivity contribution in [2.24, 2.45) is 0 Å². The van der Waals surface area contributed by atoms with E-state index in [4.69, 9.17) is 4.18 Å². The van der Waals surface area contributed by atoms with E-state index in [9.17, 15) is 8.42 Å². The average Bonchev–Trinajstić information content (AvgIpc) is 3.06. The minimum absolute atomic E-state index is 0.135. The van der Waals surface area contributed by atoms with Crippen LogP contribution in [0.25, 0.3) is 16.5 Å². The van der Waals surface area contributed by atoms with Crippen LogP contribution in [0.5, 0.6) is 5.75 Å². The van der Waals surface area contributed by atoms with Crippen LogP contribution < -0.4 is 4.18 Å². The van der Waals surface area contributed by atoms with Crippen LogP contribution in [-0.4, -0.2) is 31.9 Å². The molecule has 0 amide bonds. The molecule has 4 rings (SSSR count). The summed E-state index contributed by atoms with van der Waals surface area (Å²) in [5, 5.41) is 0.922. The van der Waals surface area contributed by atoms with Gasteiger partial charge in [0.2, 0.25) is 0 Å². The molecule has 5 nitrogen and oxygen atoms in total. The highest BCUT2D eigenvalue weighted by Gasteiger charge is 2.17. The number of fused-ring (bicyclic) bond motifs is 1. The molecule has 0 bridgehead atoms. The van der Waals surface area contributed by atoms with Crippen LogP contribution in [-0.2, 0) is 10.1 Å². The third kappa shape index (κ3) is 3.11. The van der Waals surface area contributed by atoms with Crippen molar-refractivity contribution < 1.29 is 12.6 Å². The van der Waals surface area contributed by atoms with E-state index in [2.05, 4.69) is 16.0 Å². The zero-order chi connectivity index (χ0) is 18.1. The van der Waals surface area contributed by atoms with Gasteiger partial charge in [0.25, 0.3) is 0 Å². The summed E-state index contributed by atoms with van der Waals surface area (Å²) in [5.74, 6) is 0.291. The highest BCUT2D eigenvalue weighted by molar-refractivity contribution is 7.87. The Morgan fingerprint density at radius 3 is 2.65 bits per heavy atom. The van der Waals surface area contributed by atoms with Gasteiger partial charge in [0, 0.05) is 36.3 Å². The van der Waals surface area contributed by atoms with Gasteiger partial charge in [0.05, 0.1) is 0 Å². The molecular weight excluding hydrogens is 348 g/mol. The van der Waals surface area contributed by atoms with Crippen LogP contribution >= 0.6 is 0 Å². The zero-order valence-corrected chi connectivity index (χ0v) is 15.0. The molecule has 3 aromatic rings. The van der Waals surface area contributed by atoms with Crippen molar-refractivity contribution >= 4 is 26.6 Å². The molecule has 1 aliphatic rings. The molecular formula is C20H18N2O3S. The Bertz CT molecular complexity index is 1110. The Morgan fingerprint density at radius 1 is 1.12 bits per heavy atom. The van der Waals surface area contributed by atoms with Crippen molar-refractivity contribution in [2.75, 3.05) is 13.6 Å². The number of aromatic amines is 1. The lowest BCUT2D eigenvalue weighted by atomic mass is 10.0. The second-order valence-corrected chi connectivity index (χ2v) is 7.72. The fourth-order valence-electron chi connectivity index (χ4n) is 2.93. The van der Waals surface area contributed by atoms with Gasteiger partial charge in [-0.25, -0.2) is 0 Å². The summed E-state index contributed by atoms with van der Waals surface area (Å²) in [4.78, 5) is 5.44. The molecule has 0 spiro atoms. The van der Waals surface area contributed by atoms with Gasteiger partial charge in [-0.1, -0.05) is 24.3 Å². The lowest BCUT2D eigenvalue weighted by Gasteiger charge is -2.16. The molecule has 0 aliphatic carbocycles. The SMILES string of the molecule is CN1C=CC(c2c[nH]c3ccc(OS(=O)(=O)c4ccccc4)cc23)=CC1. The van der Waals surface area contributed by atoms with E-state index in [-0.39, 0.29) is 4.90 Å². The van der Waals surface area contributed by atoms with Crippen LogP contribution in [0.15, 0.2) is 78.0 Å². The molecule has 6 heteroatoms. The second-order valence-electron chi connectivity index (χ2n) is 6.18. The predicted octanol–water partition coefficient (Wildman–Crippen LogP) is 3.78. The highest BCUT2D eigenvalue weighted by Crippen LogP contribution is 2.31. The highest BCUT2D eigenvalue weighted by atomic mass is 32.2. The van der Waals surface area contributed by atoms with Gasteiger partial charge < -0.3 is 14.1 Å². The van der Waals surface area contributed by atoms with Crippen molar-refractivity contribution in [3.63, 3.8) is 0 Å². The summed E-state index contributed by atoms with van der Waals surface area (Å²) in [6.45, 7) is 0.830. The van der Waals surface area contributed by atoms with E-state index >= 15 is 0 Å². The molecule has 2 heterocycles. The molecule has 132 valence electrons. The normalized spacial score (nSPS) is 14.5. The van der Waals surface area contributed by atoms with Crippen LogP contribution in [0, 0.1) is 0 Å². The average molecular weight is 366 g/mol. The third-order valence-corrected chi connectivity index (χ3v) is 5.57. The van der Waals surface area contributed by atoms with Gasteiger partial charge in [-0.2, -0.15) is 8.42 Å². The third-order valence-electron chi connectivity index (χ3n) is 4.31. The summed E-state index contributed by atoms with van der Waals surface area (Å²) in [7, 11) is -1.84. The topological polar surface area (TPSA) is 62.4 Å². The summed E-state index contributed by atoms with van der Waals surface area (Å²) in [6, 6.07) is 13.4. The van der Waals surface area contributed by atoms with Gasteiger partial charge in [0.1, 0.15) is 10.6 Å². The van der Waals surface area contributed by atoms with Gasteiger partial charge in [0.15, 0.2) is 0 Å². The van der Waals surface area contributed by atoms with Gasteiger partial charge in [-0.05, 0) is 48.2 Å². The first-order valence-electron chi connectivity index (χ1n) is 8.22. The predicted molar refractivity (Wildman–Crippen MR) is 102 cm³/mol. The van der Waals surface area contributed by atoms with E-state index in [1.165, 1.54) is 12.1 Å². The Kier molecular flexibility index (Phi) is 4.05. The lowest BCUT2D eigenvalue weighted by Crippen LogP contribution is -2.13. The standard InChI is InChI=1S/C20H18N2O3S/c1-22-11-9-15(10-12-22)19-14-21-20-8-7-16(13-18(19)20)25-26(23,24)17-5-3-2-4-6-17/h2-11,13-14,21H,12H2,1H3. The number of hydrogen-bond acceptors (Lipinski definition) is 4. The summed E-state index contributed by atoms with van der Waals surface area (Å²) in [5.41, 5.74) is 3.04. The molecule has 0 unspecified atom stereocenters. The first-order chi connectivity index (χ1) is 12.5. The van der Waals surface area contributed by atoms with E-state index in [1.807, 2.05) is 31.6 Å². The first-order valence-corrected chi connectivity index (χ1v) is 9.63. The van der Waals surface area contributed by atoms with Gasteiger partial charge >= 0.3 is 10.1 Å². The van der Waals surface area contributed by atoms with Crippen molar-refractivity contribution in [1.29, 1.82) is 0 Å². The van der Waals surface area contributed by atoms with Crippen LogP contribution in [0.4, 0.5) is 0 Å². The van der Waals surface area contributed by atoms with E-state index in [0.717, 1.165) is 28.6 Å². The molecule has 1 aliphatic heterocycles. The van der Waals surface area contributed by atoms with Crippen LogP contribution in [0.2, 0.25) is 0 Å². The molecule has 0 saturated carbocycles. The number of allylic oxidation sites excluding steroid dienone is 2. The fraction of sp³-hybridized carbons (Fsp3) is 0.100. The van der Waals surface area contributed by atoms with Crippen molar-refractivity contribution in [3.8, 4) is 5.75 Å². The number of nitrogens with one attached hydrogen (secondary N) is 1.